The number of aromatic amines is 1. The van der Waals surface area contributed by atoms with Gasteiger partial charge in [0.1, 0.15) is 30.5 Å². The molecule has 2 fully saturated rings. The lowest BCUT2D eigenvalue weighted by Crippen LogP contribution is -2.60. The standard InChI is InChI=1S/C27H30N2O10/c1-2-11-13-7-17-20-14(12-5-3-4-6-16(12)28-20)8-18(25(35)36)29(17)24(34)15(13)10-37-26(11)39-27-23(33)22(32)21(31)19(9-30)38-27/h2-6,10,13,17-19,21-23,26-28,30-33H,7-9H2,1H3,(H,35,36)/t13?,17?,18?,19-,21-,22+,23-,26?,27+/m1/s1. The minimum absolute atomic E-state index is 0.176. The molecule has 1 aromatic heterocycles. The Morgan fingerprint density at radius 3 is 2.69 bits per heavy atom. The van der Waals surface area contributed by atoms with Crippen molar-refractivity contribution in [1.82, 2.24) is 9.88 Å². The van der Waals surface area contributed by atoms with E-state index in [0.29, 0.717) is 17.6 Å². The topological polar surface area (TPSA) is 182 Å². The highest BCUT2D eigenvalue weighted by Crippen LogP contribution is 2.49. The van der Waals surface area contributed by atoms with Crippen LogP contribution >= 0.6 is 0 Å². The number of amides is 1. The zero-order valence-corrected chi connectivity index (χ0v) is 21.0. The molecule has 0 bridgehead atoms. The van der Waals surface area contributed by atoms with E-state index < -0.39 is 73.5 Å². The van der Waals surface area contributed by atoms with Crippen molar-refractivity contribution in [2.75, 3.05) is 6.61 Å². The number of rotatable bonds is 4. The Balaban J connectivity index is 1.34. The van der Waals surface area contributed by atoms with Crippen LogP contribution in [-0.4, -0.2) is 96.9 Å². The largest absolute Gasteiger partial charge is 0.480 e. The maximum atomic E-state index is 13.8. The minimum atomic E-state index is -1.62. The first-order valence-electron chi connectivity index (χ1n) is 12.9. The second-order valence-electron chi connectivity index (χ2n) is 10.3. The van der Waals surface area contributed by atoms with Crippen molar-refractivity contribution in [2.45, 2.75) is 68.8 Å². The van der Waals surface area contributed by atoms with E-state index in [4.69, 9.17) is 14.2 Å². The van der Waals surface area contributed by atoms with Gasteiger partial charge in [0.25, 0.3) is 5.91 Å². The van der Waals surface area contributed by atoms with Crippen LogP contribution in [0.3, 0.4) is 0 Å². The summed E-state index contributed by atoms with van der Waals surface area (Å²) in [4.78, 5) is 30.9. The smallest absolute Gasteiger partial charge is 0.326 e. The zero-order valence-electron chi connectivity index (χ0n) is 21.0. The van der Waals surface area contributed by atoms with Gasteiger partial charge in [0.2, 0.25) is 6.29 Å². The van der Waals surface area contributed by atoms with Crippen LogP contribution in [0.5, 0.6) is 0 Å². The maximum Gasteiger partial charge on any atom is 0.326 e. The van der Waals surface area contributed by atoms with Crippen LogP contribution in [0.4, 0.5) is 0 Å². The van der Waals surface area contributed by atoms with Crippen LogP contribution in [-0.2, 0) is 30.2 Å². The Morgan fingerprint density at radius 1 is 1.21 bits per heavy atom. The molecule has 12 nitrogen and oxygen atoms in total. The third kappa shape index (κ3) is 3.98. The van der Waals surface area contributed by atoms with Crippen LogP contribution in [0.2, 0.25) is 0 Å². The number of nitrogens with one attached hydrogen (secondary N) is 1. The number of nitrogens with zero attached hydrogens (tertiary/aromatic N) is 1. The van der Waals surface area contributed by atoms with E-state index in [-0.39, 0.29) is 6.42 Å². The highest BCUT2D eigenvalue weighted by Gasteiger charge is 2.52. The van der Waals surface area contributed by atoms with Gasteiger partial charge >= 0.3 is 5.97 Å². The van der Waals surface area contributed by atoms with Gasteiger partial charge < -0.3 is 49.6 Å². The molecule has 2 saturated heterocycles. The predicted octanol–water partition coefficient (Wildman–Crippen LogP) is 0.0698. The van der Waals surface area contributed by atoms with Gasteiger partial charge in [0.15, 0.2) is 6.29 Å². The van der Waals surface area contributed by atoms with E-state index in [9.17, 15) is 35.1 Å². The monoisotopic (exact) mass is 542 g/mol. The summed E-state index contributed by atoms with van der Waals surface area (Å²) in [5, 5.41) is 51.2. The normalized spacial score (nSPS) is 37.1. The average molecular weight is 543 g/mol. The third-order valence-electron chi connectivity index (χ3n) is 8.28. The first kappa shape index (κ1) is 26.0. The van der Waals surface area contributed by atoms with Gasteiger partial charge in [0, 0.05) is 34.5 Å². The number of carbonyl (C=O) groups is 2. The van der Waals surface area contributed by atoms with Crippen molar-refractivity contribution in [3.05, 3.63) is 59.0 Å². The van der Waals surface area contributed by atoms with Crippen molar-refractivity contribution >= 4 is 22.8 Å². The van der Waals surface area contributed by atoms with Crippen molar-refractivity contribution in [2.24, 2.45) is 5.92 Å². The van der Waals surface area contributed by atoms with Crippen molar-refractivity contribution in [3.63, 3.8) is 0 Å². The molecule has 12 heteroatoms. The summed E-state index contributed by atoms with van der Waals surface area (Å²) in [6.45, 7) is 1.14. The Morgan fingerprint density at radius 2 is 1.97 bits per heavy atom. The van der Waals surface area contributed by atoms with Crippen LogP contribution in [0.25, 0.3) is 10.9 Å². The zero-order chi connectivity index (χ0) is 27.6. The molecule has 2 aromatic rings. The van der Waals surface area contributed by atoms with E-state index >= 15 is 0 Å². The van der Waals surface area contributed by atoms with Crippen LogP contribution in [0.15, 0.2) is 47.7 Å². The number of aromatic nitrogens is 1. The van der Waals surface area contributed by atoms with Gasteiger partial charge in [-0.05, 0) is 25.0 Å². The Bertz CT molecular complexity index is 1370. The lowest BCUT2D eigenvalue weighted by molar-refractivity contribution is -0.328. The fraction of sp³-hybridized carbons (Fsp3) is 0.481. The van der Waals surface area contributed by atoms with Crippen molar-refractivity contribution < 1.29 is 49.3 Å². The lowest BCUT2D eigenvalue weighted by Gasteiger charge is -2.48. The Kier molecular flexibility index (Phi) is 6.49. The quantitative estimate of drug-likeness (QED) is 0.289. The molecule has 9 atom stereocenters. The second kappa shape index (κ2) is 9.73. The van der Waals surface area contributed by atoms with Crippen LogP contribution in [0, 0.1) is 5.92 Å². The average Bonchev–Trinajstić information content (AvgIpc) is 3.31. The number of fused-ring (bicyclic) bond motifs is 6. The minimum Gasteiger partial charge on any atom is -0.480 e. The molecule has 208 valence electrons. The van der Waals surface area contributed by atoms with E-state index in [1.54, 1.807) is 13.0 Å². The van der Waals surface area contributed by atoms with Gasteiger partial charge in [-0.15, -0.1) is 0 Å². The van der Waals surface area contributed by atoms with E-state index in [1.807, 2.05) is 24.3 Å². The van der Waals surface area contributed by atoms with E-state index in [2.05, 4.69) is 4.98 Å². The predicted molar refractivity (Wildman–Crippen MR) is 133 cm³/mol. The molecule has 5 heterocycles. The number of aliphatic hydroxyl groups is 4. The molecule has 4 aliphatic rings. The number of aliphatic hydroxyl groups excluding tert-OH is 4. The van der Waals surface area contributed by atoms with E-state index in [0.717, 1.165) is 22.2 Å². The number of carboxylic acids is 1. The number of piperidine rings is 1. The van der Waals surface area contributed by atoms with Crippen LogP contribution < -0.4 is 0 Å². The summed E-state index contributed by atoms with van der Waals surface area (Å²) < 4.78 is 17.1. The molecule has 1 aromatic carbocycles. The first-order valence-corrected chi connectivity index (χ1v) is 12.9. The molecule has 6 N–H and O–H groups in total. The molecule has 0 saturated carbocycles. The SMILES string of the molecule is CC=C1C(O[C@@H]2O[C@H](CO)[C@@H](O)[C@H](O)[C@H]2O)OC=C2C(=O)N3C(C(=O)O)Cc4c([nH]c5ccccc45)C3CC21. The number of ether oxygens (including phenoxy) is 3. The number of benzene rings is 1. The molecule has 1 amide bonds. The number of aliphatic carboxylic acids is 1. The molecule has 4 aliphatic heterocycles. The van der Waals surface area contributed by atoms with Gasteiger partial charge in [-0.25, -0.2) is 4.79 Å². The third-order valence-corrected chi connectivity index (χ3v) is 8.28. The van der Waals surface area contributed by atoms with Gasteiger partial charge in [0.05, 0.1) is 24.5 Å². The highest BCUT2D eigenvalue weighted by atomic mass is 16.8. The second-order valence-corrected chi connectivity index (χ2v) is 10.3. The fourth-order valence-corrected chi connectivity index (χ4v) is 6.32. The lowest BCUT2D eigenvalue weighted by atomic mass is 9.75. The molecule has 0 spiro atoms. The highest BCUT2D eigenvalue weighted by molar-refractivity contribution is 5.99. The maximum absolute atomic E-state index is 13.8. The molecule has 4 unspecified atom stereocenters. The summed E-state index contributed by atoms with van der Waals surface area (Å²) in [5.74, 6) is -2.02. The number of allylic oxidation sites excluding steroid dienone is 1. The number of H-pyrrole nitrogens is 1. The van der Waals surface area contributed by atoms with Crippen molar-refractivity contribution in [3.8, 4) is 0 Å². The van der Waals surface area contributed by atoms with Gasteiger partial charge in [-0.1, -0.05) is 24.3 Å². The van der Waals surface area contributed by atoms with Gasteiger partial charge in [-0.2, -0.15) is 0 Å². The van der Waals surface area contributed by atoms with E-state index in [1.165, 1.54) is 11.2 Å². The summed E-state index contributed by atoms with van der Waals surface area (Å²) in [5.41, 5.74) is 3.40. The molecular weight excluding hydrogens is 512 g/mol. The number of para-hydroxylation sites is 1. The number of carbonyl (C=O) groups excluding carboxylic acids is 1. The molecule has 0 aliphatic carbocycles. The summed E-state index contributed by atoms with van der Waals surface area (Å²) in [7, 11) is 0. The summed E-state index contributed by atoms with van der Waals surface area (Å²) in [6, 6.07) is 6.04. The number of hydrogen-bond acceptors (Lipinski definition) is 9. The number of carboxylic acid groups (broad SMARTS) is 1. The van der Waals surface area contributed by atoms with Crippen molar-refractivity contribution in [1.29, 1.82) is 0 Å². The summed E-state index contributed by atoms with van der Waals surface area (Å²) in [6.07, 6.45) is -4.95. The molecule has 0 radical (unpaired) electrons. The Labute approximate surface area is 222 Å². The van der Waals surface area contributed by atoms with Gasteiger partial charge in [-0.3, -0.25) is 4.79 Å². The summed E-state index contributed by atoms with van der Waals surface area (Å²) >= 11 is 0. The molecule has 6 rings (SSSR count). The Hall–Kier alpha value is -3.26. The molecular formula is C27H30N2O10. The first-order chi connectivity index (χ1) is 18.7. The molecule has 39 heavy (non-hydrogen) atoms. The fourth-order valence-electron chi connectivity index (χ4n) is 6.32. The number of hydrogen-bond donors (Lipinski definition) is 6. The van der Waals surface area contributed by atoms with Crippen LogP contribution in [0.1, 0.15) is 30.6 Å².